The molecule has 1 saturated heterocycles. The Hall–Kier alpha value is -2.57. The third-order valence-corrected chi connectivity index (χ3v) is 4.09. The van der Waals surface area contributed by atoms with E-state index < -0.39 is 11.9 Å². The highest BCUT2D eigenvalue weighted by molar-refractivity contribution is 6.06. The quantitative estimate of drug-likeness (QED) is 0.832. The topological polar surface area (TPSA) is 84.9 Å². The van der Waals surface area contributed by atoms with Gasteiger partial charge in [0.1, 0.15) is 17.5 Å². The van der Waals surface area contributed by atoms with Crippen LogP contribution in [0.3, 0.4) is 0 Å². The van der Waals surface area contributed by atoms with Crippen molar-refractivity contribution in [1.29, 1.82) is 0 Å². The molecule has 0 spiro atoms. The summed E-state index contributed by atoms with van der Waals surface area (Å²) in [7, 11) is 1.49. The number of carbonyl (C=O) groups excluding carboxylic acids is 3. The molecule has 1 aromatic carbocycles. The highest BCUT2D eigenvalue weighted by Crippen LogP contribution is 2.36. The van der Waals surface area contributed by atoms with Crippen LogP contribution in [0, 0.1) is 0 Å². The van der Waals surface area contributed by atoms with Gasteiger partial charge in [-0.15, -0.1) is 0 Å². The lowest BCUT2D eigenvalue weighted by Gasteiger charge is -2.29. The van der Waals surface area contributed by atoms with E-state index in [1.807, 2.05) is 6.92 Å². The molecule has 2 aliphatic heterocycles. The van der Waals surface area contributed by atoms with Crippen molar-refractivity contribution < 1.29 is 23.9 Å². The molecule has 1 atom stereocenters. The molecule has 2 aliphatic rings. The lowest BCUT2D eigenvalue weighted by molar-refractivity contribution is -0.136. The Kier molecular flexibility index (Phi) is 3.94. The van der Waals surface area contributed by atoms with E-state index in [4.69, 9.17) is 9.47 Å². The molecule has 7 nitrogen and oxygen atoms in total. The number of hydrogen-bond acceptors (Lipinski definition) is 5. The fourth-order valence-electron chi connectivity index (χ4n) is 3.05. The molecule has 1 N–H and O–H groups in total. The molecule has 0 bridgehead atoms. The highest BCUT2D eigenvalue weighted by atomic mass is 16.5. The average molecular weight is 318 g/mol. The van der Waals surface area contributed by atoms with Crippen LogP contribution in [0.4, 0.5) is 0 Å². The SMILES string of the molecule is CCOc1cc2c(c(OC)c1)C(=O)N(C1CCC(=O)NC1=O)C2. The summed E-state index contributed by atoms with van der Waals surface area (Å²) in [4.78, 5) is 37.5. The monoisotopic (exact) mass is 318 g/mol. The molecular weight excluding hydrogens is 300 g/mol. The van der Waals surface area contributed by atoms with Crippen molar-refractivity contribution in [3.05, 3.63) is 23.3 Å². The predicted molar refractivity (Wildman–Crippen MR) is 80.2 cm³/mol. The van der Waals surface area contributed by atoms with E-state index in [1.165, 1.54) is 12.0 Å². The maximum absolute atomic E-state index is 12.7. The fourth-order valence-corrected chi connectivity index (χ4v) is 3.05. The van der Waals surface area contributed by atoms with Gasteiger partial charge in [-0.05, 0) is 25.0 Å². The Balaban J connectivity index is 1.92. The van der Waals surface area contributed by atoms with Gasteiger partial charge in [-0.1, -0.05) is 0 Å². The zero-order valence-corrected chi connectivity index (χ0v) is 13.0. The molecule has 1 aromatic rings. The van der Waals surface area contributed by atoms with E-state index in [0.717, 1.165) is 5.56 Å². The molecule has 23 heavy (non-hydrogen) atoms. The van der Waals surface area contributed by atoms with Gasteiger partial charge in [0, 0.05) is 19.0 Å². The van der Waals surface area contributed by atoms with Gasteiger partial charge in [-0.2, -0.15) is 0 Å². The van der Waals surface area contributed by atoms with Crippen LogP contribution in [0.25, 0.3) is 0 Å². The zero-order chi connectivity index (χ0) is 16.6. The predicted octanol–water partition coefficient (Wildman–Crippen LogP) is 0.855. The number of ether oxygens (including phenoxy) is 2. The minimum Gasteiger partial charge on any atom is -0.496 e. The summed E-state index contributed by atoms with van der Waals surface area (Å²) in [5.74, 6) is 0.0826. The van der Waals surface area contributed by atoms with Gasteiger partial charge >= 0.3 is 0 Å². The van der Waals surface area contributed by atoms with Crippen LogP contribution in [0.15, 0.2) is 12.1 Å². The molecule has 3 amide bonds. The van der Waals surface area contributed by atoms with Crippen LogP contribution in [0.2, 0.25) is 0 Å². The van der Waals surface area contributed by atoms with E-state index in [-0.39, 0.29) is 18.2 Å². The van der Waals surface area contributed by atoms with E-state index in [2.05, 4.69) is 5.32 Å². The number of benzene rings is 1. The van der Waals surface area contributed by atoms with E-state index in [0.29, 0.717) is 36.6 Å². The number of fused-ring (bicyclic) bond motifs is 1. The number of amides is 3. The van der Waals surface area contributed by atoms with Gasteiger partial charge in [0.2, 0.25) is 11.8 Å². The van der Waals surface area contributed by atoms with Gasteiger partial charge in [0.15, 0.2) is 0 Å². The number of piperidine rings is 1. The van der Waals surface area contributed by atoms with Gasteiger partial charge in [-0.3, -0.25) is 19.7 Å². The molecule has 122 valence electrons. The Morgan fingerprint density at radius 1 is 1.30 bits per heavy atom. The normalized spacial score (nSPS) is 20.3. The second-order valence-electron chi connectivity index (χ2n) is 5.49. The number of methoxy groups -OCH3 is 1. The van der Waals surface area contributed by atoms with Crippen molar-refractivity contribution in [2.75, 3.05) is 13.7 Å². The molecule has 0 aromatic heterocycles. The van der Waals surface area contributed by atoms with E-state index >= 15 is 0 Å². The zero-order valence-electron chi connectivity index (χ0n) is 13.0. The number of carbonyl (C=O) groups is 3. The maximum atomic E-state index is 12.7. The first-order valence-corrected chi connectivity index (χ1v) is 7.53. The molecule has 3 rings (SSSR count). The summed E-state index contributed by atoms with van der Waals surface area (Å²) in [6.45, 7) is 2.69. The van der Waals surface area contributed by atoms with Gasteiger partial charge in [0.25, 0.3) is 5.91 Å². The first kappa shape index (κ1) is 15.3. The molecule has 0 aliphatic carbocycles. The van der Waals surface area contributed by atoms with E-state index in [9.17, 15) is 14.4 Å². The maximum Gasteiger partial charge on any atom is 0.258 e. The van der Waals surface area contributed by atoms with Crippen molar-refractivity contribution in [1.82, 2.24) is 10.2 Å². The Morgan fingerprint density at radius 2 is 2.09 bits per heavy atom. The smallest absolute Gasteiger partial charge is 0.258 e. The van der Waals surface area contributed by atoms with Gasteiger partial charge in [-0.25, -0.2) is 0 Å². The number of rotatable bonds is 4. The molecule has 2 heterocycles. The minimum atomic E-state index is -0.632. The first-order chi connectivity index (χ1) is 11.0. The van der Waals surface area contributed by atoms with Gasteiger partial charge in [0.05, 0.1) is 19.3 Å². The third kappa shape index (κ3) is 2.62. The lowest BCUT2D eigenvalue weighted by Crippen LogP contribution is -2.52. The second kappa shape index (κ2) is 5.91. The first-order valence-electron chi connectivity index (χ1n) is 7.53. The van der Waals surface area contributed by atoms with Gasteiger partial charge < -0.3 is 14.4 Å². The molecule has 0 radical (unpaired) electrons. The van der Waals surface area contributed by atoms with Crippen LogP contribution < -0.4 is 14.8 Å². The molecule has 1 fully saturated rings. The third-order valence-electron chi connectivity index (χ3n) is 4.09. The van der Waals surface area contributed by atoms with Crippen molar-refractivity contribution in [2.45, 2.75) is 32.4 Å². The van der Waals surface area contributed by atoms with Crippen LogP contribution in [0.1, 0.15) is 35.7 Å². The number of hydrogen-bond donors (Lipinski definition) is 1. The Bertz CT molecular complexity index is 685. The highest BCUT2D eigenvalue weighted by Gasteiger charge is 2.40. The van der Waals surface area contributed by atoms with E-state index in [1.54, 1.807) is 12.1 Å². The summed E-state index contributed by atoms with van der Waals surface area (Å²) in [6, 6.07) is 2.84. The summed E-state index contributed by atoms with van der Waals surface area (Å²) >= 11 is 0. The molecule has 1 unspecified atom stereocenters. The standard InChI is InChI=1S/C16H18N2O5/c1-3-23-10-6-9-8-18(11-4-5-13(19)17-15(11)20)16(21)14(9)12(7-10)22-2/h6-7,11H,3-5,8H2,1-2H3,(H,17,19,20). The Morgan fingerprint density at radius 3 is 2.74 bits per heavy atom. The Labute approximate surface area is 133 Å². The number of nitrogens with one attached hydrogen (secondary N) is 1. The number of imide groups is 1. The lowest BCUT2D eigenvalue weighted by atomic mass is 10.0. The molecular formula is C16H18N2O5. The van der Waals surface area contributed by atoms with Crippen molar-refractivity contribution in [3.8, 4) is 11.5 Å². The minimum absolute atomic E-state index is 0.234. The van der Waals surface area contributed by atoms with Crippen molar-refractivity contribution in [3.63, 3.8) is 0 Å². The largest absolute Gasteiger partial charge is 0.496 e. The summed E-state index contributed by atoms with van der Waals surface area (Å²) in [5.41, 5.74) is 1.23. The van der Waals surface area contributed by atoms with Crippen LogP contribution in [-0.2, 0) is 16.1 Å². The average Bonchev–Trinajstić information content (AvgIpc) is 2.84. The summed E-state index contributed by atoms with van der Waals surface area (Å²) in [5, 5.41) is 2.29. The summed E-state index contributed by atoms with van der Waals surface area (Å²) in [6.07, 6.45) is 0.572. The van der Waals surface area contributed by atoms with Crippen LogP contribution in [0.5, 0.6) is 11.5 Å². The van der Waals surface area contributed by atoms with Crippen molar-refractivity contribution >= 4 is 17.7 Å². The van der Waals surface area contributed by atoms with Crippen LogP contribution >= 0.6 is 0 Å². The molecule has 7 heteroatoms. The summed E-state index contributed by atoms with van der Waals surface area (Å²) < 4.78 is 10.8. The fraction of sp³-hybridized carbons (Fsp3) is 0.438. The van der Waals surface area contributed by atoms with Crippen molar-refractivity contribution in [2.24, 2.45) is 0 Å². The molecule has 0 saturated carbocycles. The number of nitrogens with zero attached hydrogens (tertiary/aromatic N) is 1. The second-order valence-corrected chi connectivity index (χ2v) is 5.49. The van der Waals surface area contributed by atoms with Crippen LogP contribution in [-0.4, -0.2) is 42.4 Å².